The van der Waals surface area contributed by atoms with Crippen LogP contribution in [0.2, 0.25) is 0 Å². The van der Waals surface area contributed by atoms with Crippen LogP contribution in [0.3, 0.4) is 0 Å². The molecule has 0 aromatic heterocycles. The Bertz CT molecular complexity index is 395. The first-order valence-corrected chi connectivity index (χ1v) is 5.82. The predicted molar refractivity (Wildman–Crippen MR) is 65.6 cm³/mol. The molecule has 1 aromatic rings. The number of hydrogen-bond donors (Lipinski definition) is 2. The summed E-state index contributed by atoms with van der Waals surface area (Å²) in [6, 6.07) is 3.81. The van der Waals surface area contributed by atoms with Gasteiger partial charge in [0, 0.05) is 12.0 Å². The van der Waals surface area contributed by atoms with E-state index in [1.54, 1.807) is 14.0 Å². The van der Waals surface area contributed by atoms with Gasteiger partial charge < -0.3 is 15.2 Å². The van der Waals surface area contributed by atoms with Crippen LogP contribution in [0.25, 0.3) is 0 Å². The number of aliphatic hydroxyl groups is 1. The first-order valence-electron chi connectivity index (χ1n) is 5.82. The summed E-state index contributed by atoms with van der Waals surface area (Å²) in [6.45, 7) is 3.51. The van der Waals surface area contributed by atoms with E-state index < -0.39 is 17.2 Å². The van der Waals surface area contributed by atoms with Gasteiger partial charge in [0.2, 0.25) is 5.82 Å². The summed E-state index contributed by atoms with van der Waals surface area (Å²) in [6.07, 6.45) is 0.113. The fourth-order valence-electron chi connectivity index (χ4n) is 1.71. The Morgan fingerprint density at radius 3 is 2.67 bits per heavy atom. The maximum atomic E-state index is 13.4. The minimum absolute atomic E-state index is 0.0666. The van der Waals surface area contributed by atoms with Crippen molar-refractivity contribution in [2.24, 2.45) is 0 Å². The third-order valence-electron chi connectivity index (χ3n) is 2.93. The molecule has 0 saturated heterocycles. The van der Waals surface area contributed by atoms with Crippen LogP contribution in [0.4, 0.5) is 8.78 Å². The molecular formula is C13H19F2NO2. The number of likely N-dealkylation sites (N-methyl/N-ethyl adjacent to an activating group) is 1. The van der Waals surface area contributed by atoms with Crippen molar-refractivity contribution in [3.05, 3.63) is 29.8 Å². The Labute approximate surface area is 106 Å². The summed E-state index contributed by atoms with van der Waals surface area (Å²) in [5.41, 5.74) is -0.511. The fourth-order valence-corrected chi connectivity index (χ4v) is 1.71. The maximum absolute atomic E-state index is 13.4. The number of nitrogens with one attached hydrogen (secondary N) is 1. The van der Waals surface area contributed by atoms with Gasteiger partial charge in [-0.05, 0) is 33.0 Å². The highest BCUT2D eigenvalue weighted by Crippen LogP contribution is 2.22. The van der Waals surface area contributed by atoms with E-state index in [0.29, 0.717) is 6.42 Å². The molecule has 0 radical (unpaired) electrons. The zero-order valence-electron chi connectivity index (χ0n) is 10.8. The van der Waals surface area contributed by atoms with Crippen LogP contribution < -0.4 is 10.1 Å². The van der Waals surface area contributed by atoms with Crippen molar-refractivity contribution < 1.29 is 18.6 Å². The second-order valence-corrected chi connectivity index (χ2v) is 4.65. The van der Waals surface area contributed by atoms with E-state index in [9.17, 15) is 13.9 Å². The quantitative estimate of drug-likeness (QED) is 0.822. The molecule has 0 amide bonds. The highest BCUT2D eigenvalue weighted by Gasteiger charge is 2.25. The zero-order chi connectivity index (χ0) is 13.8. The third-order valence-corrected chi connectivity index (χ3v) is 2.93. The summed E-state index contributed by atoms with van der Waals surface area (Å²) < 4.78 is 31.7. The molecule has 0 heterocycles. The summed E-state index contributed by atoms with van der Waals surface area (Å²) in [4.78, 5) is 0. The summed E-state index contributed by atoms with van der Waals surface area (Å²) in [7, 11) is 1.73. The molecule has 0 aliphatic rings. The fraction of sp³-hybridized carbons (Fsp3) is 0.538. The third kappa shape index (κ3) is 3.65. The number of rotatable bonds is 6. The molecule has 5 heteroatoms. The highest BCUT2D eigenvalue weighted by molar-refractivity contribution is 5.25. The number of ether oxygens (including phenoxy) is 1. The van der Waals surface area contributed by atoms with E-state index in [-0.39, 0.29) is 18.5 Å². The van der Waals surface area contributed by atoms with Crippen LogP contribution in [0.1, 0.15) is 20.3 Å². The van der Waals surface area contributed by atoms with Crippen molar-refractivity contribution in [2.45, 2.75) is 31.9 Å². The molecule has 2 atom stereocenters. The van der Waals surface area contributed by atoms with E-state index in [1.165, 1.54) is 12.1 Å². The van der Waals surface area contributed by atoms with Crippen LogP contribution in [-0.2, 0) is 0 Å². The van der Waals surface area contributed by atoms with Gasteiger partial charge in [-0.25, -0.2) is 4.39 Å². The summed E-state index contributed by atoms with van der Waals surface area (Å²) in [5, 5.41) is 12.2. The van der Waals surface area contributed by atoms with E-state index >= 15 is 0 Å². The molecule has 0 aliphatic carbocycles. The predicted octanol–water partition coefficient (Wildman–Crippen LogP) is 2.09. The van der Waals surface area contributed by atoms with Gasteiger partial charge in [0.05, 0.1) is 12.7 Å². The summed E-state index contributed by atoms with van der Waals surface area (Å²) >= 11 is 0. The van der Waals surface area contributed by atoms with E-state index in [2.05, 4.69) is 5.32 Å². The molecule has 18 heavy (non-hydrogen) atoms. The number of aliphatic hydroxyl groups excluding tert-OH is 1. The van der Waals surface area contributed by atoms with Gasteiger partial charge in [-0.1, -0.05) is 6.07 Å². The normalized spacial score (nSPS) is 16.1. The molecule has 0 spiro atoms. The molecule has 0 saturated carbocycles. The van der Waals surface area contributed by atoms with Crippen LogP contribution >= 0.6 is 0 Å². The maximum Gasteiger partial charge on any atom is 0.200 e. The lowest BCUT2D eigenvalue weighted by atomic mass is 9.96. The molecule has 0 bridgehead atoms. The van der Waals surface area contributed by atoms with Crippen molar-refractivity contribution in [3.8, 4) is 5.75 Å². The van der Waals surface area contributed by atoms with Crippen LogP contribution in [0.5, 0.6) is 5.75 Å². The Kier molecular flexibility index (Phi) is 5.04. The average molecular weight is 259 g/mol. The molecule has 102 valence electrons. The molecular weight excluding hydrogens is 240 g/mol. The van der Waals surface area contributed by atoms with Gasteiger partial charge in [0.15, 0.2) is 11.6 Å². The van der Waals surface area contributed by atoms with E-state index in [0.717, 1.165) is 6.07 Å². The van der Waals surface area contributed by atoms with E-state index in [4.69, 9.17) is 4.74 Å². The molecule has 0 fully saturated rings. The molecule has 1 aromatic carbocycles. The Morgan fingerprint density at radius 1 is 1.44 bits per heavy atom. The van der Waals surface area contributed by atoms with Gasteiger partial charge in [0.1, 0.15) is 0 Å². The Balaban J connectivity index is 2.70. The second-order valence-electron chi connectivity index (χ2n) is 4.65. The average Bonchev–Trinajstić information content (AvgIpc) is 2.34. The molecule has 2 N–H and O–H groups in total. The standard InChI is InChI=1S/C13H19F2NO2/c1-9(7-13(2,8-17)16-3)18-11-6-4-5-10(14)12(11)15/h4-6,9,16-17H,7-8H2,1-3H3. The monoisotopic (exact) mass is 259 g/mol. The van der Waals surface area contributed by atoms with Crippen molar-refractivity contribution in [3.63, 3.8) is 0 Å². The van der Waals surface area contributed by atoms with Gasteiger partial charge >= 0.3 is 0 Å². The SMILES string of the molecule is CNC(C)(CO)CC(C)Oc1cccc(F)c1F. The molecule has 2 unspecified atom stereocenters. The topological polar surface area (TPSA) is 41.5 Å². The smallest absolute Gasteiger partial charge is 0.200 e. The number of hydrogen-bond acceptors (Lipinski definition) is 3. The molecule has 1 rings (SSSR count). The van der Waals surface area contributed by atoms with Crippen LogP contribution in [-0.4, -0.2) is 30.4 Å². The minimum atomic E-state index is -0.987. The van der Waals surface area contributed by atoms with Crippen LogP contribution in [0, 0.1) is 11.6 Å². The van der Waals surface area contributed by atoms with Crippen molar-refractivity contribution in [1.29, 1.82) is 0 Å². The zero-order valence-corrected chi connectivity index (χ0v) is 10.8. The lowest BCUT2D eigenvalue weighted by molar-refractivity contribution is 0.112. The van der Waals surface area contributed by atoms with Crippen molar-refractivity contribution in [2.75, 3.05) is 13.7 Å². The molecule has 3 nitrogen and oxygen atoms in total. The van der Waals surface area contributed by atoms with E-state index in [1.807, 2.05) is 6.92 Å². The number of halogens is 2. The van der Waals surface area contributed by atoms with Crippen molar-refractivity contribution in [1.82, 2.24) is 5.32 Å². The van der Waals surface area contributed by atoms with Gasteiger partial charge in [0.25, 0.3) is 0 Å². The van der Waals surface area contributed by atoms with Crippen molar-refractivity contribution >= 4 is 0 Å². The minimum Gasteiger partial charge on any atom is -0.487 e. The lowest BCUT2D eigenvalue weighted by Crippen LogP contribution is -2.46. The van der Waals surface area contributed by atoms with Gasteiger partial charge in [-0.3, -0.25) is 0 Å². The van der Waals surface area contributed by atoms with Gasteiger partial charge in [-0.2, -0.15) is 4.39 Å². The summed E-state index contributed by atoms with van der Waals surface area (Å²) in [5.74, 6) is -2.03. The first-order chi connectivity index (χ1) is 8.41. The highest BCUT2D eigenvalue weighted by atomic mass is 19.2. The Morgan fingerprint density at radius 2 is 2.11 bits per heavy atom. The lowest BCUT2D eigenvalue weighted by Gasteiger charge is -2.30. The Hall–Kier alpha value is -1.20. The number of benzene rings is 1. The molecule has 0 aliphatic heterocycles. The second kappa shape index (κ2) is 6.11. The largest absolute Gasteiger partial charge is 0.487 e. The van der Waals surface area contributed by atoms with Gasteiger partial charge in [-0.15, -0.1) is 0 Å². The first kappa shape index (κ1) is 14.9. The van der Waals surface area contributed by atoms with Crippen LogP contribution in [0.15, 0.2) is 18.2 Å².